The van der Waals surface area contributed by atoms with Crippen LogP contribution in [0.4, 0.5) is 0 Å². The van der Waals surface area contributed by atoms with E-state index in [2.05, 4.69) is 26.6 Å². The number of hydrogen-bond donors (Lipinski definition) is 33. The first-order valence-corrected chi connectivity index (χ1v) is 43.4. The summed E-state index contributed by atoms with van der Waals surface area (Å²) in [4.78, 5) is 65.0. The van der Waals surface area contributed by atoms with E-state index in [0.717, 1.165) is 34.6 Å². The molecule has 0 aliphatic carbocycles. The molecule has 5 amide bonds. The molecular formula is C76H127N5O54. The van der Waals surface area contributed by atoms with Crippen LogP contribution in [0.25, 0.3) is 0 Å². The molecule has 780 valence electrons. The van der Waals surface area contributed by atoms with Crippen LogP contribution in [0.5, 0.6) is 0 Å². The molecule has 0 spiro atoms. The molecule has 0 saturated carbocycles. The normalized spacial score (nSPS) is 49.5. The topological polar surface area (TPSA) is 906 Å². The highest BCUT2D eigenvalue weighted by atomic mass is 16.8. The lowest BCUT2D eigenvalue weighted by Gasteiger charge is -2.51. The largest absolute Gasteiger partial charge is 0.394 e. The molecule has 135 heavy (non-hydrogen) atoms. The molecule has 0 radical (unpaired) electrons. The number of carbonyl (C=O) groups is 5. The van der Waals surface area contributed by atoms with Gasteiger partial charge in [0.2, 0.25) is 29.5 Å². The lowest BCUT2D eigenvalue weighted by atomic mass is 9.93. The van der Waals surface area contributed by atoms with Crippen LogP contribution in [0.2, 0.25) is 0 Å². The van der Waals surface area contributed by atoms with Gasteiger partial charge in [-0.3, -0.25) is 24.0 Å². The average molecular weight is 1970 g/mol. The van der Waals surface area contributed by atoms with Crippen LogP contribution in [0.3, 0.4) is 0 Å². The van der Waals surface area contributed by atoms with Gasteiger partial charge in [-0.2, -0.15) is 0 Å². The second kappa shape index (κ2) is 48.2. The Bertz CT molecular complexity index is 3750. The molecule has 11 saturated heterocycles. The van der Waals surface area contributed by atoms with Crippen molar-refractivity contribution in [3.8, 4) is 0 Å². The Morgan fingerprint density at radius 1 is 0.207 bits per heavy atom. The first-order valence-electron chi connectivity index (χ1n) is 43.4. The van der Waals surface area contributed by atoms with Crippen LogP contribution in [-0.4, -0.2) is 569 Å². The summed E-state index contributed by atoms with van der Waals surface area (Å²) in [6.45, 7) is -2.67. The summed E-state index contributed by atoms with van der Waals surface area (Å²) in [6, 6.07) is -9.56. The van der Waals surface area contributed by atoms with Crippen molar-refractivity contribution in [3.05, 3.63) is 0 Å². The highest BCUT2D eigenvalue weighted by Crippen LogP contribution is 2.42. The van der Waals surface area contributed by atoms with E-state index in [1.165, 1.54) is 13.8 Å². The summed E-state index contributed by atoms with van der Waals surface area (Å²) < 4.78 is 125. The summed E-state index contributed by atoms with van der Waals surface area (Å²) in [6.07, 6.45) is -101. The van der Waals surface area contributed by atoms with Crippen molar-refractivity contribution >= 4 is 29.5 Å². The van der Waals surface area contributed by atoms with Gasteiger partial charge in [-0.15, -0.1) is 0 Å². The van der Waals surface area contributed by atoms with Crippen molar-refractivity contribution < 1.29 is 266 Å². The molecule has 0 aromatic heterocycles. The average Bonchev–Trinajstić information content (AvgIpc) is 0.776. The van der Waals surface area contributed by atoms with Gasteiger partial charge in [0.25, 0.3) is 0 Å². The van der Waals surface area contributed by atoms with Gasteiger partial charge in [0.1, 0.15) is 256 Å². The van der Waals surface area contributed by atoms with E-state index in [1.807, 2.05) is 0 Å². The van der Waals surface area contributed by atoms with Gasteiger partial charge in [-0.1, -0.05) is 0 Å². The number of nitrogens with one attached hydrogen (secondary N) is 5. The minimum atomic E-state index is -2.60. The second-order valence-electron chi connectivity index (χ2n) is 34.5. The fraction of sp³-hybridized carbons (Fsp3) is 0.934. The molecule has 1 unspecified atom stereocenters. The minimum Gasteiger partial charge on any atom is -0.394 e. The van der Waals surface area contributed by atoms with Crippen LogP contribution >= 0.6 is 0 Å². The Morgan fingerprint density at radius 3 is 0.837 bits per heavy atom. The molecule has 11 aliphatic rings. The number of hydrogen-bond acceptors (Lipinski definition) is 54. The zero-order valence-corrected chi connectivity index (χ0v) is 73.3. The van der Waals surface area contributed by atoms with Gasteiger partial charge in [-0.05, 0) is 13.8 Å². The van der Waals surface area contributed by atoms with Gasteiger partial charge in [0, 0.05) is 34.6 Å². The summed E-state index contributed by atoms with van der Waals surface area (Å²) in [5.41, 5.74) is 0. The maximum absolute atomic E-state index is 13.3. The molecule has 0 aromatic rings. The van der Waals surface area contributed by atoms with E-state index < -0.39 is 426 Å². The van der Waals surface area contributed by atoms with E-state index >= 15 is 0 Å². The summed E-state index contributed by atoms with van der Waals surface area (Å²) in [5.74, 6) is -4.72. The minimum absolute atomic E-state index is 0.800. The Balaban J connectivity index is 0.879. The van der Waals surface area contributed by atoms with Gasteiger partial charge in [-0.25, -0.2) is 0 Å². The smallest absolute Gasteiger partial charge is 0.217 e. The molecule has 59 heteroatoms. The predicted molar refractivity (Wildman–Crippen MR) is 417 cm³/mol. The number of aliphatic hydroxyl groups excluding tert-OH is 28. The van der Waals surface area contributed by atoms with Crippen LogP contribution in [-0.2, 0) is 123 Å². The van der Waals surface area contributed by atoms with Crippen molar-refractivity contribution in [1.29, 1.82) is 0 Å². The van der Waals surface area contributed by atoms with E-state index in [9.17, 15) is 167 Å². The Kier molecular flexibility index (Phi) is 39.5. The fourth-order valence-electron chi connectivity index (χ4n) is 17.6. The third-order valence-electron chi connectivity index (χ3n) is 24.9. The van der Waals surface area contributed by atoms with Gasteiger partial charge in [0.05, 0.1) is 71.7 Å². The monoisotopic (exact) mass is 1970 g/mol. The van der Waals surface area contributed by atoms with Crippen LogP contribution in [0.15, 0.2) is 0 Å². The SMILES string of the molecule is CC(=O)N[C@H]1[C@H](O[C@H]2[C@@H](O)[C@@H](CO[C@@H]3O[C@H](CO)[C@@H](O[C@@H]4O[C@H](CO)[C@H](O)[C@H](O)[C@H]4O[C@@H]4O[C@@H](C)[C@@H](O)[C@@H](O)[C@@H]4O)[C@H](O)[C@H]3NC(C)=O)O[C@@H](O[C@H]3[C@@H](O)[C@@H](CO[C@@H]4O[C@H](CO)[C@@H](O[C@@H]5O[C@H](CO)[C@H](O)[C@@H](O)[C@H]5O[C@@H]5O[C@@H](C)[C@@H](O)[C@@H](O)[C@@H]5O)[C@H](O)[C@H]4NC(C)=O)OC(O)[C@@H]3NC(C)=O)[C@@H]2O)O[C@H](CO)[C@@H](O[C@@H]2O[C@H](CO)[C@H](O[C@H]3O[C@H](CO)[C@@H](O)[C@H](O)[C@H]3NC(C)=O)[C@H](O)[C@H]2O)[C@@H]1O. The highest BCUT2D eigenvalue weighted by molar-refractivity contribution is 5.75. The molecule has 0 bridgehead atoms. The van der Waals surface area contributed by atoms with Crippen molar-refractivity contribution in [3.63, 3.8) is 0 Å². The van der Waals surface area contributed by atoms with Crippen LogP contribution in [0, 0.1) is 0 Å². The Hall–Kier alpha value is -4.61. The van der Waals surface area contributed by atoms with Gasteiger partial charge < -0.3 is 269 Å². The third-order valence-corrected chi connectivity index (χ3v) is 24.9. The fourth-order valence-corrected chi connectivity index (χ4v) is 17.6. The van der Waals surface area contributed by atoms with Gasteiger partial charge >= 0.3 is 0 Å². The molecule has 33 N–H and O–H groups in total. The van der Waals surface area contributed by atoms with Crippen LogP contribution < -0.4 is 26.6 Å². The zero-order chi connectivity index (χ0) is 99.4. The zero-order valence-electron chi connectivity index (χ0n) is 73.3. The third kappa shape index (κ3) is 24.7. The molecule has 11 aliphatic heterocycles. The van der Waals surface area contributed by atoms with Crippen molar-refractivity contribution in [2.45, 2.75) is 386 Å². The predicted octanol–water partition coefficient (Wildman–Crippen LogP) is -22.2. The van der Waals surface area contributed by atoms with Gasteiger partial charge in [0.15, 0.2) is 69.2 Å². The lowest BCUT2D eigenvalue weighted by molar-refractivity contribution is -0.388. The van der Waals surface area contributed by atoms with E-state index in [1.54, 1.807) is 0 Å². The number of carbonyl (C=O) groups excluding carboxylic acids is 5. The molecule has 55 atom stereocenters. The Morgan fingerprint density at radius 2 is 0.452 bits per heavy atom. The molecule has 0 aromatic carbocycles. The summed E-state index contributed by atoms with van der Waals surface area (Å²) in [7, 11) is 0. The van der Waals surface area contributed by atoms with E-state index in [4.69, 9.17) is 99.5 Å². The van der Waals surface area contributed by atoms with E-state index in [0.29, 0.717) is 0 Å². The second-order valence-corrected chi connectivity index (χ2v) is 34.5. The summed E-state index contributed by atoms with van der Waals surface area (Å²) in [5, 5.41) is 326. The number of ether oxygens (including phenoxy) is 21. The standard InChI is InChI=1S/C76H127N5O54/c1-17-38(94)49(105)54(110)71(117-17)134-64-51(107)41(97)25(9-83)121-75(64)130-59-27(11-85)123-67(34(46(59)102)78-20(4)90)115-15-31-43(99)62(37(66(114)119-31)81-23(7)93)132-74-57(113)63(133-70-36(80-22(6)92)48(104)58(29(13-87)125-70)129-73-56(112)53(109)61(30(14-88)126-73)128-69-33(77-19(3)89)45(101)40(96)24(8-82)120-69)44(100)32(127-74)16-116-68-35(79-21(5)91)47(103)60(28(12-86)124-68)131-76-65(52(108)42(98)26(10-84)122-76)135-72-55(111)50(106)39(95)18(2)118-72/h17-18,24-76,82-88,94-114H,8-16H2,1-7H3,(H,77,89)(H,78,90)(H,79,91)(H,80,92)(H,81,93)/t17-,18-,24+,25+,26+,27+,28+,29+,30+,31+,32+,33+,34+,35+,36+,37+,38+,39+,40+,41-,42-,43-,44-,45+,46+,47+,48+,49+,50+,51+,52-,53+,54-,55-,56+,57+,58+,59+,60+,61-,62+,63-,64+,65+,66?,67+,68+,69+,70-,71-,72-,73-,74-,75-,76-/m0/s1. The van der Waals surface area contributed by atoms with Crippen molar-refractivity contribution in [2.24, 2.45) is 0 Å². The van der Waals surface area contributed by atoms with Crippen molar-refractivity contribution in [2.75, 3.05) is 59.5 Å². The molecule has 11 heterocycles. The maximum atomic E-state index is 13.3. The first kappa shape index (κ1) is 111. The Labute approximate surface area is 765 Å². The first-order chi connectivity index (χ1) is 63.8. The molecule has 11 rings (SSSR count). The lowest BCUT2D eigenvalue weighted by Crippen LogP contribution is -2.71. The maximum Gasteiger partial charge on any atom is 0.217 e. The molecule has 59 nitrogen and oxygen atoms in total. The number of rotatable bonds is 34. The molecule has 11 fully saturated rings. The van der Waals surface area contributed by atoms with Crippen LogP contribution in [0.1, 0.15) is 48.5 Å². The van der Waals surface area contributed by atoms with Crippen molar-refractivity contribution in [1.82, 2.24) is 26.6 Å². The molecular weight excluding hydrogens is 1850 g/mol. The quantitative estimate of drug-likeness (QED) is 0.0284. The summed E-state index contributed by atoms with van der Waals surface area (Å²) >= 11 is 0. The number of aliphatic hydroxyl groups is 28. The number of amides is 5. The highest BCUT2D eigenvalue weighted by Gasteiger charge is 2.63. The van der Waals surface area contributed by atoms with E-state index in [-0.39, 0.29) is 0 Å².